The minimum absolute atomic E-state index is 0.0226. The van der Waals surface area contributed by atoms with Crippen molar-refractivity contribution >= 4 is 27.6 Å². The lowest BCUT2D eigenvalue weighted by molar-refractivity contribution is -0.141. The topological polar surface area (TPSA) is 122 Å². The highest BCUT2D eigenvalue weighted by atomic mass is 32.2. The summed E-state index contributed by atoms with van der Waals surface area (Å²) in [6.45, 7) is 0.997. The molecular weight excluding hydrogens is 340 g/mol. The Hall–Kier alpha value is -2.33. The second-order valence-corrected chi connectivity index (χ2v) is 7.37. The molecule has 1 heterocycles. The van der Waals surface area contributed by atoms with Crippen LogP contribution in [0.3, 0.4) is 0 Å². The van der Waals surface area contributed by atoms with Crippen molar-refractivity contribution in [1.29, 1.82) is 0 Å². The number of aliphatic carboxylic acids is 1. The molecule has 0 radical (unpaired) electrons. The van der Waals surface area contributed by atoms with Crippen LogP contribution >= 0.6 is 0 Å². The summed E-state index contributed by atoms with van der Waals surface area (Å²) in [6, 6.07) is 2.61. The molecule has 0 saturated heterocycles. The molecule has 0 bridgehead atoms. The Balaban J connectivity index is 2.42. The van der Waals surface area contributed by atoms with Gasteiger partial charge in [0.05, 0.1) is 18.7 Å². The van der Waals surface area contributed by atoms with Crippen LogP contribution < -0.4 is 14.8 Å². The molecule has 0 aliphatic carbocycles. The van der Waals surface area contributed by atoms with E-state index in [9.17, 15) is 18.0 Å². The molecule has 0 aromatic heterocycles. The van der Waals surface area contributed by atoms with Gasteiger partial charge in [-0.25, -0.2) is 8.42 Å². The van der Waals surface area contributed by atoms with E-state index >= 15 is 0 Å². The average molecular weight is 358 g/mol. The Bertz CT molecular complexity index is 776. The normalized spacial score (nSPS) is 15.2. The first-order valence-electron chi connectivity index (χ1n) is 7.00. The number of sulfonamides is 1. The van der Waals surface area contributed by atoms with Crippen molar-refractivity contribution in [2.24, 2.45) is 5.92 Å². The van der Waals surface area contributed by atoms with Crippen LogP contribution in [-0.2, 0) is 19.6 Å². The number of carbonyl (C=O) groups excluding carboxylic acids is 1. The predicted octanol–water partition coefficient (Wildman–Crippen LogP) is 0.367. The van der Waals surface area contributed by atoms with Gasteiger partial charge in [-0.3, -0.25) is 9.59 Å². The van der Waals surface area contributed by atoms with Gasteiger partial charge in [0.15, 0.2) is 6.61 Å². The zero-order valence-corrected chi connectivity index (χ0v) is 14.2. The number of ether oxygens (including phenoxy) is 2. The highest BCUT2D eigenvalue weighted by Gasteiger charge is 2.30. The lowest BCUT2D eigenvalue weighted by atomic mass is 10.2. The summed E-state index contributed by atoms with van der Waals surface area (Å²) in [5, 5.41) is 11.5. The minimum atomic E-state index is -4.01. The highest BCUT2D eigenvalue weighted by molar-refractivity contribution is 7.89. The number of hydrogen-bond acceptors (Lipinski definition) is 6. The fourth-order valence-electron chi connectivity index (χ4n) is 2.18. The average Bonchev–Trinajstić information content (AvgIpc) is 2.52. The van der Waals surface area contributed by atoms with Crippen molar-refractivity contribution in [3.8, 4) is 11.5 Å². The molecule has 2 N–H and O–H groups in total. The number of methoxy groups -OCH3 is 1. The number of amides is 1. The van der Waals surface area contributed by atoms with E-state index in [1.807, 2.05) is 0 Å². The summed E-state index contributed by atoms with van der Waals surface area (Å²) in [7, 11) is -1.42. The summed E-state index contributed by atoms with van der Waals surface area (Å²) in [5.41, 5.74) is 0.309. The standard InChI is InChI=1S/C14H18N2O7S/c1-8(14(18)19)6-16(2)24(20,21)12-5-10-9(4-11(12)22-3)15-13(17)7-23-10/h4-5,8H,6-7H2,1-3H3,(H,15,17)(H,18,19). The number of carboxylic acids is 1. The molecule has 1 unspecified atom stereocenters. The molecule has 1 aliphatic rings. The molecule has 1 atom stereocenters. The predicted molar refractivity (Wildman–Crippen MR) is 83.7 cm³/mol. The highest BCUT2D eigenvalue weighted by Crippen LogP contribution is 2.38. The number of nitrogens with one attached hydrogen (secondary N) is 1. The Morgan fingerprint density at radius 2 is 2.17 bits per heavy atom. The maximum atomic E-state index is 12.7. The van der Waals surface area contributed by atoms with Gasteiger partial charge in [0.25, 0.3) is 5.91 Å². The van der Waals surface area contributed by atoms with Crippen LogP contribution in [0.4, 0.5) is 5.69 Å². The molecule has 1 aliphatic heterocycles. The number of anilines is 1. The fourth-order valence-corrected chi connectivity index (χ4v) is 3.59. The van der Waals surface area contributed by atoms with Gasteiger partial charge in [-0.2, -0.15) is 4.31 Å². The second-order valence-electron chi connectivity index (χ2n) is 5.36. The van der Waals surface area contributed by atoms with E-state index in [0.29, 0.717) is 5.69 Å². The van der Waals surface area contributed by atoms with Crippen LogP contribution in [0.1, 0.15) is 6.92 Å². The Kier molecular flexibility index (Phi) is 4.99. The van der Waals surface area contributed by atoms with Crippen molar-refractivity contribution in [2.45, 2.75) is 11.8 Å². The lowest BCUT2D eigenvalue weighted by Gasteiger charge is -2.23. The summed E-state index contributed by atoms with van der Waals surface area (Å²) < 4.78 is 36.7. The van der Waals surface area contributed by atoms with Gasteiger partial charge in [0, 0.05) is 25.7 Å². The molecule has 2 rings (SSSR count). The van der Waals surface area contributed by atoms with Crippen LogP contribution in [-0.4, -0.2) is 57.0 Å². The van der Waals surface area contributed by atoms with E-state index in [1.165, 1.54) is 33.2 Å². The van der Waals surface area contributed by atoms with Crippen LogP contribution in [0.15, 0.2) is 17.0 Å². The van der Waals surface area contributed by atoms with Gasteiger partial charge >= 0.3 is 5.97 Å². The Morgan fingerprint density at radius 1 is 1.50 bits per heavy atom. The number of carboxylic acid groups (broad SMARTS) is 1. The van der Waals surface area contributed by atoms with Crippen LogP contribution in [0.5, 0.6) is 11.5 Å². The van der Waals surface area contributed by atoms with Gasteiger partial charge in [0.1, 0.15) is 16.4 Å². The summed E-state index contributed by atoms with van der Waals surface area (Å²) in [5.74, 6) is -2.10. The molecule has 1 aromatic carbocycles. The molecule has 10 heteroatoms. The maximum Gasteiger partial charge on any atom is 0.307 e. The van der Waals surface area contributed by atoms with Crippen LogP contribution in [0, 0.1) is 5.92 Å². The van der Waals surface area contributed by atoms with Gasteiger partial charge in [-0.05, 0) is 0 Å². The number of hydrogen-bond donors (Lipinski definition) is 2. The van der Waals surface area contributed by atoms with Crippen molar-refractivity contribution < 1.29 is 32.6 Å². The van der Waals surface area contributed by atoms with Crippen molar-refractivity contribution in [2.75, 3.05) is 32.6 Å². The zero-order valence-electron chi connectivity index (χ0n) is 13.4. The molecule has 1 amide bonds. The molecule has 24 heavy (non-hydrogen) atoms. The monoisotopic (exact) mass is 358 g/mol. The largest absolute Gasteiger partial charge is 0.495 e. The van der Waals surface area contributed by atoms with Crippen LogP contribution in [0.25, 0.3) is 0 Å². The van der Waals surface area contributed by atoms with E-state index in [-0.39, 0.29) is 35.5 Å². The SMILES string of the molecule is COc1cc2c(cc1S(=O)(=O)N(C)CC(C)C(=O)O)OCC(=O)N2. The van der Waals surface area contributed by atoms with E-state index in [0.717, 1.165) is 4.31 Å². The van der Waals surface area contributed by atoms with E-state index in [1.54, 1.807) is 0 Å². The summed E-state index contributed by atoms with van der Waals surface area (Å²) >= 11 is 0. The first kappa shape index (κ1) is 18.0. The summed E-state index contributed by atoms with van der Waals surface area (Å²) in [6.07, 6.45) is 0. The first-order chi connectivity index (χ1) is 11.2. The first-order valence-corrected chi connectivity index (χ1v) is 8.44. The molecule has 0 fully saturated rings. The van der Waals surface area contributed by atoms with Gasteiger partial charge in [-0.1, -0.05) is 6.92 Å². The smallest absolute Gasteiger partial charge is 0.307 e. The quantitative estimate of drug-likeness (QED) is 0.753. The lowest BCUT2D eigenvalue weighted by Crippen LogP contribution is -2.34. The molecule has 132 valence electrons. The van der Waals surface area contributed by atoms with E-state index < -0.39 is 21.9 Å². The molecule has 0 spiro atoms. The van der Waals surface area contributed by atoms with Crippen molar-refractivity contribution in [3.05, 3.63) is 12.1 Å². The molecule has 0 saturated carbocycles. The van der Waals surface area contributed by atoms with Gasteiger partial charge in [-0.15, -0.1) is 0 Å². The maximum absolute atomic E-state index is 12.7. The number of carbonyl (C=O) groups is 2. The number of nitrogens with zero attached hydrogens (tertiary/aromatic N) is 1. The van der Waals surface area contributed by atoms with E-state index in [2.05, 4.69) is 5.32 Å². The number of fused-ring (bicyclic) bond motifs is 1. The summed E-state index contributed by atoms with van der Waals surface area (Å²) in [4.78, 5) is 22.1. The van der Waals surface area contributed by atoms with Crippen LogP contribution in [0.2, 0.25) is 0 Å². The second kappa shape index (κ2) is 6.65. The minimum Gasteiger partial charge on any atom is -0.495 e. The third-order valence-electron chi connectivity index (χ3n) is 3.54. The van der Waals surface area contributed by atoms with Crippen molar-refractivity contribution in [1.82, 2.24) is 4.31 Å². The molecular formula is C14H18N2O7S. The number of rotatable bonds is 6. The molecule has 1 aromatic rings. The Morgan fingerprint density at radius 3 is 2.75 bits per heavy atom. The van der Waals surface area contributed by atoms with Gasteiger partial charge < -0.3 is 19.9 Å². The van der Waals surface area contributed by atoms with E-state index in [4.69, 9.17) is 14.6 Å². The van der Waals surface area contributed by atoms with Gasteiger partial charge in [0.2, 0.25) is 10.0 Å². The zero-order chi connectivity index (χ0) is 18.1. The third kappa shape index (κ3) is 3.44. The fraction of sp³-hybridized carbons (Fsp3) is 0.429. The number of benzene rings is 1. The van der Waals surface area contributed by atoms with Crippen molar-refractivity contribution in [3.63, 3.8) is 0 Å². The Labute approximate surface area is 139 Å². The third-order valence-corrected chi connectivity index (χ3v) is 5.38. The molecule has 9 nitrogen and oxygen atoms in total.